The van der Waals surface area contributed by atoms with Crippen molar-refractivity contribution in [2.24, 2.45) is 5.92 Å². The van der Waals surface area contributed by atoms with E-state index in [0.29, 0.717) is 11.3 Å². The van der Waals surface area contributed by atoms with Gasteiger partial charge < -0.3 is 10.2 Å². The van der Waals surface area contributed by atoms with Gasteiger partial charge in [0.15, 0.2) is 0 Å². The van der Waals surface area contributed by atoms with E-state index in [1.165, 1.54) is 23.1 Å². The van der Waals surface area contributed by atoms with Crippen LogP contribution < -0.4 is 10.2 Å². The van der Waals surface area contributed by atoms with Crippen LogP contribution in [0.25, 0.3) is 0 Å². The minimum atomic E-state index is -4.51. The molecule has 0 saturated carbocycles. The van der Waals surface area contributed by atoms with Gasteiger partial charge >= 0.3 is 6.18 Å². The number of hydrogen-bond acceptors (Lipinski definition) is 3. The molecule has 1 aliphatic heterocycles. The van der Waals surface area contributed by atoms with Gasteiger partial charge in [-0.3, -0.25) is 9.59 Å². The van der Waals surface area contributed by atoms with Crippen LogP contribution in [-0.2, 0) is 15.8 Å². The van der Waals surface area contributed by atoms with Gasteiger partial charge in [0, 0.05) is 24.3 Å². The summed E-state index contributed by atoms with van der Waals surface area (Å²) in [5.74, 6) is -1.54. The van der Waals surface area contributed by atoms with Gasteiger partial charge in [-0.25, -0.2) is 0 Å². The van der Waals surface area contributed by atoms with E-state index in [2.05, 4.69) is 5.32 Å². The molecule has 0 aromatic heterocycles. The Morgan fingerprint density at radius 1 is 1.19 bits per heavy atom. The summed E-state index contributed by atoms with van der Waals surface area (Å²) in [6.45, 7) is -0.0100. The molecule has 138 valence electrons. The predicted molar refractivity (Wildman–Crippen MR) is 91.7 cm³/mol. The number of benzene rings is 2. The summed E-state index contributed by atoms with van der Waals surface area (Å²) in [4.78, 5) is 25.8. The van der Waals surface area contributed by atoms with Crippen molar-refractivity contribution in [1.29, 1.82) is 5.26 Å². The molecular formula is C19H14F3N3O2. The lowest BCUT2D eigenvalue weighted by molar-refractivity contribution is -0.137. The molecule has 0 aliphatic carbocycles. The summed E-state index contributed by atoms with van der Waals surface area (Å²) in [6, 6.07) is 12.7. The van der Waals surface area contributed by atoms with Crippen LogP contribution in [0.1, 0.15) is 17.5 Å². The lowest BCUT2D eigenvalue weighted by Crippen LogP contribution is -2.28. The second-order valence-corrected chi connectivity index (χ2v) is 6.14. The fourth-order valence-electron chi connectivity index (χ4n) is 2.89. The molecule has 1 N–H and O–H groups in total. The van der Waals surface area contributed by atoms with Gasteiger partial charge in [-0.1, -0.05) is 12.1 Å². The average molecular weight is 373 g/mol. The van der Waals surface area contributed by atoms with Crippen molar-refractivity contribution in [3.8, 4) is 6.07 Å². The van der Waals surface area contributed by atoms with Crippen molar-refractivity contribution in [2.45, 2.75) is 12.6 Å². The molecule has 1 atom stereocenters. The zero-order valence-electron chi connectivity index (χ0n) is 14.0. The molecule has 3 rings (SSSR count). The fraction of sp³-hybridized carbons (Fsp3) is 0.211. The number of anilines is 2. The van der Waals surface area contributed by atoms with Gasteiger partial charge in [0.2, 0.25) is 11.8 Å². The van der Waals surface area contributed by atoms with Gasteiger partial charge in [0.25, 0.3) is 0 Å². The van der Waals surface area contributed by atoms with Crippen LogP contribution in [0.3, 0.4) is 0 Å². The third kappa shape index (κ3) is 4.08. The highest BCUT2D eigenvalue weighted by atomic mass is 19.4. The quantitative estimate of drug-likeness (QED) is 0.894. The monoisotopic (exact) mass is 373 g/mol. The lowest BCUT2D eigenvalue weighted by atomic mass is 10.1. The van der Waals surface area contributed by atoms with E-state index < -0.39 is 29.5 Å². The third-order valence-electron chi connectivity index (χ3n) is 4.24. The maximum absolute atomic E-state index is 12.9. The first kappa shape index (κ1) is 18.5. The Bertz CT molecular complexity index is 934. The summed E-state index contributed by atoms with van der Waals surface area (Å²) >= 11 is 0. The number of rotatable bonds is 3. The van der Waals surface area contributed by atoms with E-state index in [0.717, 1.165) is 12.1 Å². The molecule has 0 radical (unpaired) electrons. The van der Waals surface area contributed by atoms with E-state index in [9.17, 15) is 22.8 Å². The van der Waals surface area contributed by atoms with Crippen molar-refractivity contribution in [2.75, 3.05) is 16.8 Å². The first-order chi connectivity index (χ1) is 12.8. The number of nitriles is 1. The first-order valence-electron chi connectivity index (χ1n) is 8.06. The molecular weight excluding hydrogens is 359 g/mol. The number of carbonyl (C=O) groups is 2. The van der Waals surface area contributed by atoms with Gasteiger partial charge in [-0.05, 0) is 36.4 Å². The summed E-state index contributed by atoms with van der Waals surface area (Å²) in [6.07, 6.45) is -4.61. The van der Waals surface area contributed by atoms with Crippen molar-refractivity contribution < 1.29 is 22.8 Å². The number of amides is 2. The minimum absolute atomic E-state index is 0.0100. The van der Waals surface area contributed by atoms with Crippen LogP contribution >= 0.6 is 0 Å². The number of carbonyl (C=O) groups excluding carboxylic acids is 2. The van der Waals surface area contributed by atoms with Crippen molar-refractivity contribution in [1.82, 2.24) is 0 Å². The summed E-state index contributed by atoms with van der Waals surface area (Å²) in [7, 11) is 0. The van der Waals surface area contributed by atoms with Crippen molar-refractivity contribution >= 4 is 23.2 Å². The van der Waals surface area contributed by atoms with E-state index >= 15 is 0 Å². The van der Waals surface area contributed by atoms with Gasteiger partial charge in [0.05, 0.1) is 23.1 Å². The topological polar surface area (TPSA) is 73.2 Å². The van der Waals surface area contributed by atoms with Crippen molar-refractivity contribution in [3.05, 3.63) is 59.7 Å². The largest absolute Gasteiger partial charge is 0.416 e. The second-order valence-electron chi connectivity index (χ2n) is 6.14. The molecule has 1 heterocycles. The molecule has 8 heteroatoms. The van der Waals surface area contributed by atoms with Crippen LogP contribution in [0.5, 0.6) is 0 Å². The molecule has 0 bridgehead atoms. The summed E-state index contributed by atoms with van der Waals surface area (Å²) < 4.78 is 38.6. The summed E-state index contributed by atoms with van der Waals surface area (Å²) in [5, 5.41) is 11.5. The SMILES string of the molecule is N#Cc1cccc(NC(=O)[C@H]2CC(=O)N(c3cccc(C(F)(F)F)c3)C2)c1. The molecule has 5 nitrogen and oxygen atoms in total. The standard InChI is InChI=1S/C19H14F3N3O2/c20-19(21,22)14-4-2-6-16(9-14)25-11-13(8-17(25)26)18(27)24-15-5-1-3-12(7-15)10-23/h1-7,9,13H,8,11H2,(H,24,27)/t13-/m0/s1. The maximum atomic E-state index is 12.9. The van der Waals surface area contributed by atoms with E-state index in [4.69, 9.17) is 5.26 Å². The molecule has 0 unspecified atom stereocenters. The fourth-order valence-corrected chi connectivity index (χ4v) is 2.89. The van der Waals surface area contributed by atoms with Gasteiger partial charge in [-0.2, -0.15) is 18.4 Å². The molecule has 1 aliphatic rings. The number of nitrogens with zero attached hydrogens (tertiary/aromatic N) is 2. The molecule has 1 saturated heterocycles. The Morgan fingerprint density at radius 2 is 1.93 bits per heavy atom. The number of halogens is 3. The maximum Gasteiger partial charge on any atom is 0.416 e. The molecule has 2 aromatic carbocycles. The highest BCUT2D eigenvalue weighted by Gasteiger charge is 2.37. The Morgan fingerprint density at radius 3 is 2.63 bits per heavy atom. The first-order valence-corrected chi connectivity index (χ1v) is 8.06. The van der Waals surface area contributed by atoms with Crippen LogP contribution in [-0.4, -0.2) is 18.4 Å². The number of nitrogens with one attached hydrogen (secondary N) is 1. The Labute approximate surface area is 153 Å². The van der Waals surface area contributed by atoms with E-state index in [1.54, 1.807) is 18.2 Å². The third-order valence-corrected chi connectivity index (χ3v) is 4.24. The van der Waals surface area contributed by atoms with Crippen LogP contribution in [0, 0.1) is 17.2 Å². The van der Waals surface area contributed by atoms with E-state index in [1.807, 2.05) is 6.07 Å². The average Bonchev–Trinajstić information content (AvgIpc) is 3.03. The van der Waals surface area contributed by atoms with Crippen LogP contribution in [0.4, 0.5) is 24.5 Å². The molecule has 2 aromatic rings. The molecule has 0 spiro atoms. The molecule has 1 fully saturated rings. The molecule has 2 amide bonds. The number of alkyl halides is 3. The summed E-state index contributed by atoms with van der Waals surface area (Å²) in [5.41, 5.74) is 0.0514. The normalized spacial score (nSPS) is 16.9. The Kier molecular flexibility index (Phi) is 4.86. The number of hydrogen-bond donors (Lipinski definition) is 1. The second kappa shape index (κ2) is 7.11. The van der Waals surface area contributed by atoms with Gasteiger partial charge in [0.1, 0.15) is 0 Å². The predicted octanol–water partition coefficient (Wildman–Crippen LogP) is 3.57. The molecule has 27 heavy (non-hydrogen) atoms. The van der Waals surface area contributed by atoms with Crippen molar-refractivity contribution in [3.63, 3.8) is 0 Å². The van der Waals surface area contributed by atoms with Crippen LogP contribution in [0.15, 0.2) is 48.5 Å². The van der Waals surface area contributed by atoms with Crippen LogP contribution in [0.2, 0.25) is 0 Å². The van der Waals surface area contributed by atoms with Gasteiger partial charge in [-0.15, -0.1) is 0 Å². The highest BCUT2D eigenvalue weighted by Crippen LogP contribution is 2.33. The van der Waals surface area contributed by atoms with E-state index in [-0.39, 0.29) is 18.7 Å². The Balaban J connectivity index is 1.73. The smallest absolute Gasteiger partial charge is 0.326 e. The highest BCUT2D eigenvalue weighted by molar-refractivity contribution is 6.03. The lowest BCUT2D eigenvalue weighted by Gasteiger charge is -2.18. The minimum Gasteiger partial charge on any atom is -0.326 e. The zero-order valence-corrected chi connectivity index (χ0v) is 14.0. The zero-order chi connectivity index (χ0) is 19.6. The Hall–Kier alpha value is -3.34.